The first kappa shape index (κ1) is 11.5. The molecule has 0 fully saturated rings. The second-order valence-electron chi connectivity index (χ2n) is 2.12. The van der Waals surface area contributed by atoms with E-state index < -0.39 is 12.1 Å². The number of esters is 1. The lowest BCUT2D eigenvalue weighted by Gasteiger charge is -1.90. The summed E-state index contributed by atoms with van der Waals surface area (Å²) in [5.41, 5.74) is 0. The normalized spacial score (nSPS) is 12.5. The van der Waals surface area contributed by atoms with Gasteiger partial charge in [0.2, 0.25) is 0 Å². The zero-order valence-electron chi connectivity index (χ0n) is 7.65. The van der Waals surface area contributed by atoms with Crippen molar-refractivity contribution in [3.8, 4) is 11.8 Å². The van der Waals surface area contributed by atoms with Crippen molar-refractivity contribution in [3.63, 3.8) is 0 Å². The summed E-state index contributed by atoms with van der Waals surface area (Å²) in [6.07, 6.45) is 5.75. The van der Waals surface area contributed by atoms with E-state index in [4.69, 9.17) is 5.11 Å². The van der Waals surface area contributed by atoms with E-state index >= 15 is 0 Å². The Kier molecular flexibility index (Phi) is 6.30. The summed E-state index contributed by atoms with van der Waals surface area (Å²) in [4.78, 5) is 10.5. The molecule has 70 valence electrons. The van der Waals surface area contributed by atoms with E-state index in [1.807, 2.05) is 13.0 Å². The van der Waals surface area contributed by atoms with Crippen LogP contribution in [-0.2, 0) is 9.53 Å². The van der Waals surface area contributed by atoms with Crippen molar-refractivity contribution in [3.05, 3.63) is 24.3 Å². The highest BCUT2D eigenvalue weighted by atomic mass is 16.5. The predicted octanol–water partition coefficient (Wildman–Crippen LogP) is 0.656. The molecule has 0 rings (SSSR count). The Morgan fingerprint density at radius 2 is 2.23 bits per heavy atom. The average molecular weight is 180 g/mol. The van der Waals surface area contributed by atoms with Gasteiger partial charge < -0.3 is 9.84 Å². The van der Waals surface area contributed by atoms with E-state index in [0.29, 0.717) is 0 Å². The van der Waals surface area contributed by atoms with Crippen LogP contribution in [0.3, 0.4) is 0 Å². The number of hydrogen-bond acceptors (Lipinski definition) is 3. The summed E-state index contributed by atoms with van der Waals surface area (Å²) < 4.78 is 4.26. The minimum atomic E-state index is -0.935. The molecule has 0 aliphatic heterocycles. The molecule has 0 aromatic heterocycles. The van der Waals surface area contributed by atoms with Crippen LogP contribution in [0.5, 0.6) is 0 Å². The van der Waals surface area contributed by atoms with Crippen LogP contribution in [0.25, 0.3) is 0 Å². The van der Waals surface area contributed by atoms with E-state index in [0.717, 1.165) is 0 Å². The van der Waals surface area contributed by atoms with Crippen molar-refractivity contribution in [2.45, 2.75) is 13.0 Å². The number of hydrogen-bond donors (Lipinski definition) is 1. The molecule has 0 amide bonds. The highest BCUT2D eigenvalue weighted by molar-refractivity contribution is 5.88. The lowest BCUT2D eigenvalue weighted by molar-refractivity contribution is -0.133. The molecule has 3 heteroatoms. The molecule has 0 heterocycles. The van der Waals surface area contributed by atoms with Crippen molar-refractivity contribution in [1.82, 2.24) is 0 Å². The Labute approximate surface area is 77.7 Å². The molecule has 0 saturated heterocycles. The summed E-state index contributed by atoms with van der Waals surface area (Å²) in [5.74, 6) is 3.77. The number of aliphatic hydroxyl groups is 1. The molecular formula is C10H12O3. The average Bonchev–Trinajstić information content (AvgIpc) is 2.14. The Balaban J connectivity index is 4.04. The summed E-state index contributed by atoms with van der Waals surface area (Å²) in [7, 11) is 1.24. The van der Waals surface area contributed by atoms with Crippen molar-refractivity contribution in [2.75, 3.05) is 7.11 Å². The van der Waals surface area contributed by atoms with E-state index in [1.165, 1.54) is 13.2 Å². The summed E-state index contributed by atoms with van der Waals surface area (Å²) in [5, 5.41) is 9.12. The van der Waals surface area contributed by atoms with Crippen LogP contribution in [0.1, 0.15) is 6.92 Å². The van der Waals surface area contributed by atoms with Crippen molar-refractivity contribution in [1.29, 1.82) is 0 Å². The minimum absolute atomic E-state index is 0.654. The van der Waals surface area contributed by atoms with Gasteiger partial charge in [0.15, 0.2) is 0 Å². The predicted molar refractivity (Wildman–Crippen MR) is 49.8 cm³/mol. The molecule has 0 aromatic carbocycles. The molecule has 0 spiro atoms. The largest absolute Gasteiger partial charge is 0.459 e. The fourth-order valence-corrected chi connectivity index (χ4v) is 0.513. The number of allylic oxidation sites excluding steroid dienone is 3. The highest BCUT2D eigenvalue weighted by Gasteiger charge is 1.92. The van der Waals surface area contributed by atoms with Crippen LogP contribution >= 0.6 is 0 Å². The SMILES string of the molecule is CC=CC=CC(O)C#CC(=O)OC. The van der Waals surface area contributed by atoms with Gasteiger partial charge >= 0.3 is 5.97 Å². The van der Waals surface area contributed by atoms with Gasteiger partial charge in [-0.05, 0) is 13.0 Å². The van der Waals surface area contributed by atoms with Crippen LogP contribution in [0.2, 0.25) is 0 Å². The third-order valence-corrected chi connectivity index (χ3v) is 1.10. The molecule has 3 nitrogen and oxygen atoms in total. The summed E-state index contributed by atoms with van der Waals surface area (Å²) >= 11 is 0. The van der Waals surface area contributed by atoms with Gasteiger partial charge in [0, 0.05) is 5.92 Å². The van der Waals surface area contributed by atoms with Crippen LogP contribution in [0, 0.1) is 11.8 Å². The van der Waals surface area contributed by atoms with E-state index in [-0.39, 0.29) is 0 Å². The molecule has 0 aliphatic rings. The first-order chi connectivity index (χ1) is 6.20. The molecule has 0 radical (unpaired) electrons. The Hall–Kier alpha value is -1.53. The third kappa shape index (κ3) is 6.85. The Bertz CT molecular complexity index is 266. The first-order valence-electron chi connectivity index (χ1n) is 3.77. The van der Waals surface area contributed by atoms with Gasteiger partial charge in [-0.3, -0.25) is 0 Å². The molecule has 1 atom stereocenters. The zero-order chi connectivity index (χ0) is 10.1. The summed E-state index contributed by atoms with van der Waals surface area (Å²) in [6, 6.07) is 0. The number of methoxy groups -OCH3 is 1. The van der Waals surface area contributed by atoms with Gasteiger partial charge in [0.05, 0.1) is 7.11 Å². The topological polar surface area (TPSA) is 46.5 Å². The minimum Gasteiger partial charge on any atom is -0.459 e. The number of aliphatic hydroxyl groups excluding tert-OH is 1. The fraction of sp³-hybridized carbons (Fsp3) is 0.300. The molecule has 0 bridgehead atoms. The van der Waals surface area contributed by atoms with Gasteiger partial charge in [-0.15, -0.1) is 0 Å². The molecular weight excluding hydrogens is 168 g/mol. The van der Waals surface area contributed by atoms with Gasteiger partial charge in [0.25, 0.3) is 0 Å². The Morgan fingerprint density at radius 1 is 1.54 bits per heavy atom. The van der Waals surface area contributed by atoms with Crippen molar-refractivity contribution < 1.29 is 14.6 Å². The summed E-state index contributed by atoms with van der Waals surface area (Å²) in [6.45, 7) is 1.86. The second-order valence-corrected chi connectivity index (χ2v) is 2.12. The van der Waals surface area contributed by atoms with Gasteiger partial charge in [-0.2, -0.15) is 0 Å². The molecule has 1 N–H and O–H groups in total. The van der Waals surface area contributed by atoms with Gasteiger partial charge in [0.1, 0.15) is 6.10 Å². The zero-order valence-corrected chi connectivity index (χ0v) is 7.65. The molecule has 13 heavy (non-hydrogen) atoms. The smallest absolute Gasteiger partial charge is 0.384 e. The van der Waals surface area contributed by atoms with Crippen LogP contribution in [0.4, 0.5) is 0 Å². The maximum absolute atomic E-state index is 10.5. The second kappa shape index (κ2) is 7.14. The number of ether oxygens (including phenoxy) is 1. The lowest BCUT2D eigenvalue weighted by Crippen LogP contribution is -2.00. The first-order valence-corrected chi connectivity index (χ1v) is 3.77. The quantitative estimate of drug-likeness (QED) is 0.294. The Morgan fingerprint density at radius 3 is 2.77 bits per heavy atom. The standard InChI is InChI=1S/C10H12O3/c1-3-4-5-6-9(11)7-8-10(12)13-2/h3-6,9,11H,1-2H3. The van der Waals surface area contributed by atoms with E-state index in [1.54, 1.807) is 12.2 Å². The van der Waals surface area contributed by atoms with Gasteiger partial charge in [-0.1, -0.05) is 24.1 Å². The third-order valence-electron chi connectivity index (χ3n) is 1.10. The van der Waals surface area contributed by atoms with Crippen LogP contribution < -0.4 is 0 Å². The van der Waals surface area contributed by atoms with Crippen LogP contribution in [0.15, 0.2) is 24.3 Å². The van der Waals surface area contributed by atoms with Crippen LogP contribution in [-0.4, -0.2) is 24.3 Å². The number of rotatable bonds is 2. The highest BCUT2D eigenvalue weighted by Crippen LogP contribution is 1.84. The van der Waals surface area contributed by atoms with E-state index in [2.05, 4.69) is 16.6 Å². The number of carbonyl (C=O) groups excluding carboxylic acids is 1. The maximum atomic E-state index is 10.5. The van der Waals surface area contributed by atoms with Crippen molar-refractivity contribution >= 4 is 5.97 Å². The maximum Gasteiger partial charge on any atom is 0.384 e. The fourth-order valence-electron chi connectivity index (χ4n) is 0.513. The monoisotopic (exact) mass is 180 g/mol. The molecule has 0 aromatic rings. The number of carbonyl (C=O) groups is 1. The molecule has 1 unspecified atom stereocenters. The van der Waals surface area contributed by atoms with Crippen molar-refractivity contribution in [2.24, 2.45) is 0 Å². The molecule has 0 aliphatic carbocycles. The molecule has 0 saturated carbocycles. The van der Waals surface area contributed by atoms with Gasteiger partial charge in [-0.25, -0.2) is 4.79 Å². The lowest BCUT2D eigenvalue weighted by atomic mass is 10.3. The van der Waals surface area contributed by atoms with E-state index in [9.17, 15) is 4.79 Å².